The lowest BCUT2D eigenvalue weighted by atomic mass is 10.1. The molecule has 0 bridgehead atoms. The van der Waals surface area contributed by atoms with Crippen molar-refractivity contribution in [3.05, 3.63) is 21.9 Å². The Balaban J connectivity index is 1.69. The van der Waals surface area contributed by atoms with E-state index in [0.29, 0.717) is 19.1 Å². The molecule has 0 saturated carbocycles. The van der Waals surface area contributed by atoms with Crippen molar-refractivity contribution >= 4 is 17.1 Å². The second-order valence-electron chi connectivity index (χ2n) is 4.40. The van der Waals surface area contributed by atoms with Crippen LogP contribution in [0.15, 0.2) is 12.1 Å². The molecule has 1 aromatic heterocycles. The maximum Gasteiger partial charge on any atom is 0.175 e. The largest absolute Gasteiger partial charge is 0.378 e. The number of aryl methyl sites for hydroxylation is 1. The topological polar surface area (TPSA) is 38.3 Å². The number of ketones is 1. The van der Waals surface area contributed by atoms with E-state index in [1.807, 2.05) is 19.1 Å². The van der Waals surface area contributed by atoms with Crippen molar-refractivity contribution < 1.29 is 9.53 Å². The van der Waals surface area contributed by atoms with Gasteiger partial charge in [0, 0.05) is 11.3 Å². The smallest absolute Gasteiger partial charge is 0.175 e. The third kappa shape index (κ3) is 3.91. The van der Waals surface area contributed by atoms with Crippen LogP contribution in [0, 0.1) is 6.92 Å². The first-order valence-electron chi connectivity index (χ1n) is 6.17. The lowest BCUT2D eigenvalue weighted by Crippen LogP contribution is -2.32. The number of nitrogens with one attached hydrogen (secondary N) is 1. The first kappa shape index (κ1) is 12.7. The van der Waals surface area contributed by atoms with Gasteiger partial charge in [-0.15, -0.1) is 11.3 Å². The van der Waals surface area contributed by atoms with Crippen LogP contribution in [0.2, 0.25) is 0 Å². The third-order valence-electron chi connectivity index (χ3n) is 2.98. The first-order chi connectivity index (χ1) is 8.25. The minimum atomic E-state index is 0.206. The summed E-state index contributed by atoms with van der Waals surface area (Å²) in [7, 11) is 0. The summed E-state index contributed by atoms with van der Waals surface area (Å²) in [5.41, 5.74) is 0. The highest BCUT2D eigenvalue weighted by Gasteiger charge is 2.14. The first-order valence-corrected chi connectivity index (χ1v) is 6.99. The fourth-order valence-electron chi connectivity index (χ4n) is 1.99. The van der Waals surface area contributed by atoms with Crippen molar-refractivity contribution in [3.63, 3.8) is 0 Å². The molecule has 94 valence electrons. The standard InChI is InChI=1S/C13H19NO2S/c1-10-2-3-13(17-10)12(15)6-9-16-11-4-7-14-8-5-11/h2-3,11,14H,4-9H2,1H3. The van der Waals surface area contributed by atoms with E-state index in [-0.39, 0.29) is 5.78 Å². The van der Waals surface area contributed by atoms with Crippen LogP contribution in [0.1, 0.15) is 33.8 Å². The molecular weight excluding hydrogens is 234 g/mol. The zero-order valence-electron chi connectivity index (χ0n) is 10.2. The fraction of sp³-hybridized carbons (Fsp3) is 0.615. The summed E-state index contributed by atoms with van der Waals surface area (Å²) < 4.78 is 5.73. The molecule has 2 heterocycles. The third-order valence-corrected chi connectivity index (χ3v) is 4.03. The van der Waals surface area contributed by atoms with Gasteiger partial charge in [-0.2, -0.15) is 0 Å². The fourth-order valence-corrected chi connectivity index (χ4v) is 2.82. The second kappa shape index (κ2) is 6.28. The van der Waals surface area contributed by atoms with Crippen molar-refractivity contribution in [2.24, 2.45) is 0 Å². The molecule has 1 fully saturated rings. The van der Waals surface area contributed by atoms with Crippen LogP contribution in [0.4, 0.5) is 0 Å². The normalized spacial score (nSPS) is 17.2. The van der Waals surface area contributed by atoms with E-state index in [1.165, 1.54) is 4.88 Å². The predicted octanol–water partition coefficient (Wildman–Crippen LogP) is 2.40. The minimum absolute atomic E-state index is 0.206. The quantitative estimate of drug-likeness (QED) is 0.819. The molecule has 1 N–H and O–H groups in total. The molecule has 0 amide bonds. The number of hydrogen-bond donors (Lipinski definition) is 1. The van der Waals surface area contributed by atoms with Crippen LogP contribution in [-0.2, 0) is 4.74 Å². The summed E-state index contributed by atoms with van der Waals surface area (Å²) >= 11 is 1.57. The van der Waals surface area contributed by atoms with Crippen LogP contribution in [0.3, 0.4) is 0 Å². The van der Waals surface area contributed by atoms with Crippen LogP contribution >= 0.6 is 11.3 Å². The molecule has 0 spiro atoms. The number of piperidine rings is 1. The molecule has 0 atom stereocenters. The molecule has 4 heteroatoms. The molecule has 1 aliphatic rings. The number of Topliss-reactive ketones (excluding diaryl/α,β-unsaturated/α-hetero) is 1. The Labute approximate surface area is 106 Å². The molecule has 1 saturated heterocycles. The van der Waals surface area contributed by atoms with E-state index < -0.39 is 0 Å². The molecule has 3 nitrogen and oxygen atoms in total. The highest BCUT2D eigenvalue weighted by molar-refractivity contribution is 7.14. The highest BCUT2D eigenvalue weighted by Crippen LogP contribution is 2.17. The number of rotatable bonds is 5. The molecular formula is C13H19NO2S. The van der Waals surface area contributed by atoms with Gasteiger partial charge in [-0.3, -0.25) is 4.79 Å². The molecule has 2 rings (SSSR count). The van der Waals surface area contributed by atoms with E-state index in [1.54, 1.807) is 11.3 Å². The van der Waals surface area contributed by atoms with Gasteiger partial charge in [0.2, 0.25) is 0 Å². The number of carbonyl (C=O) groups is 1. The molecule has 0 aliphatic carbocycles. The SMILES string of the molecule is Cc1ccc(C(=O)CCOC2CCNCC2)s1. The number of ether oxygens (including phenoxy) is 1. The van der Waals surface area contributed by atoms with Crippen LogP contribution < -0.4 is 5.32 Å². The summed E-state index contributed by atoms with van der Waals surface area (Å²) in [6.07, 6.45) is 2.97. The van der Waals surface area contributed by atoms with Crippen molar-refractivity contribution in [2.75, 3.05) is 19.7 Å². The molecule has 0 aromatic carbocycles. The minimum Gasteiger partial charge on any atom is -0.378 e. The van der Waals surface area contributed by atoms with Crippen LogP contribution in [0.5, 0.6) is 0 Å². The molecule has 1 aromatic rings. The number of hydrogen-bond acceptors (Lipinski definition) is 4. The van der Waals surface area contributed by atoms with Gasteiger partial charge in [-0.25, -0.2) is 0 Å². The summed E-state index contributed by atoms with van der Waals surface area (Å²) in [6, 6.07) is 3.90. The van der Waals surface area contributed by atoms with E-state index in [9.17, 15) is 4.79 Å². The molecule has 0 unspecified atom stereocenters. The van der Waals surface area contributed by atoms with Crippen molar-refractivity contribution in [1.29, 1.82) is 0 Å². The Bertz CT molecular complexity index is 369. The van der Waals surface area contributed by atoms with Gasteiger partial charge >= 0.3 is 0 Å². The predicted molar refractivity (Wildman–Crippen MR) is 69.8 cm³/mol. The lowest BCUT2D eigenvalue weighted by molar-refractivity contribution is 0.0314. The Morgan fingerprint density at radius 2 is 2.24 bits per heavy atom. The Hall–Kier alpha value is -0.710. The summed E-state index contributed by atoms with van der Waals surface area (Å²) in [6.45, 7) is 4.64. The summed E-state index contributed by atoms with van der Waals surface area (Å²) in [5, 5.41) is 3.30. The van der Waals surface area contributed by atoms with Gasteiger partial charge in [-0.05, 0) is 45.0 Å². The average Bonchev–Trinajstić information content (AvgIpc) is 2.77. The summed E-state index contributed by atoms with van der Waals surface area (Å²) in [4.78, 5) is 13.9. The zero-order chi connectivity index (χ0) is 12.1. The van der Waals surface area contributed by atoms with Gasteiger partial charge in [0.25, 0.3) is 0 Å². The Morgan fingerprint density at radius 1 is 1.47 bits per heavy atom. The van der Waals surface area contributed by atoms with Gasteiger partial charge in [-0.1, -0.05) is 0 Å². The van der Waals surface area contributed by atoms with E-state index in [2.05, 4.69) is 5.32 Å². The van der Waals surface area contributed by atoms with Crippen molar-refractivity contribution in [2.45, 2.75) is 32.3 Å². The maximum atomic E-state index is 11.8. The molecule has 1 aliphatic heterocycles. The monoisotopic (exact) mass is 253 g/mol. The Morgan fingerprint density at radius 3 is 2.88 bits per heavy atom. The van der Waals surface area contributed by atoms with Crippen molar-refractivity contribution in [3.8, 4) is 0 Å². The lowest BCUT2D eigenvalue weighted by Gasteiger charge is -2.22. The summed E-state index contributed by atoms with van der Waals surface area (Å²) in [5.74, 6) is 0.206. The maximum absolute atomic E-state index is 11.8. The second-order valence-corrected chi connectivity index (χ2v) is 5.69. The number of thiophene rings is 1. The molecule has 17 heavy (non-hydrogen) atoms. The van der Waals surface area contributed by atoms with Crippen LogP contribution in [-0.4, -0.2) is 31.6 Å². The van der Waals surface area contributed by atoms with Gasteiger partial charge in [0.05, 0.1) is 17.6 Å². The van der Waals surface area contributed by atoms with E-state index in [0.717, 1.165) is 30.8 Å². The number of carbonyl (C=O) groups excluding carboxylic acids is 1. The van der Waals surface area contributed by atoms with Gasteiger partial charge < -0.3 is 10.1 Å². The molecule has 0 radical (unpaired) electrons. The van der Waals surface area contributed by atoms with E-state index in [4.69, 9.17) is 4.74 Å². The van der Waals surface area contributed by atoms with Gasteiger partial charge in [0.15, 0.2) is 5.78 Å². The van der Waals surface area contributed by atoms with E-state index >= 15 is 0 Å². The highest BCUT2D eigenvalue weighted by atomic mass is 32.1. The zero-order valence-corrected chi connectivity index (χ0v) is 11.0. The Kier molecular flexibility index (Phi) is 4.71. The van der Waals surface area contributed by atoms with Crippen LogP contribution in [0.25, 0.3) is 0 Å². The van der Waals surface area contributed by atoms with Gasteiger partial charge in [0.1, 0.15) is 0 Å². The van der Waals surface area contributed by atoms with Crippen molar-refractivity contribution in [1.82, 2.24) is 5.32 Å². The average molecular weight is 253 g/mol.